The summed E-state index contributed by atoms with van der Waals surface area (Å²) in [6.07, 6.45) is 0.783. The Bertz CT molecular complexity index is 869. The number of anilines is 1. The lowest BCUT2D eigenvalue weighted by Crippen LogP contribution is -2.25. The summed E-state index contributed by atoms with van der Waals surface area (Å²) in [6, 6.07) is 13.9. The lowest BCUT2D eigenvalue weighted by molar-refractivity contribution is 0.0954. The molecule has 2 N–H and O–H groups in total. The fourth-order valence-electron chi connectivity index (χ4n) is 2.02. The van der Waals surface area contributed by atoms with E-state index in [-0.39, 0.29) is 22.1 Å². The third kappa shape index (κ3) is 4.12. The van der Waals surface area contributed by atoms with Gasteiger partial charge >= 0.3 is 0 Å². The molecule has 0 radical (unpaired) electrons. The number of para-hydroxylation sites is 1. The molecule has 0 spiro atoms. The van der Waals surface area contributed by atoms with Crippen LogP contribution in [0.5, 0.6) is 0 Å². The van der Waals surface area contributed by atoms with Gasteiger partial charge in [0.2, 0.25) is 0 Å². The van der Waals surface area contributed by atoms with E-state index in [1.807, 2.05) is 13.0 Å². The summed E-state index contributed by atoms with van der Waals surface area (Å²) in [6.45, 7) is 2.44. The van der Waals surface area contributed by atoms with Gasteiger partial charge in [-0.05, 0) is 42.8 Å². The average Bonchev–Trinajstić information content (AvgIpc) is 2.60. The van der Waals surface area contributed by atoms with Crippen LogP contribution in [0.2, 0.25) is 0 Å². The minimum absolute atomic E-state index is 0.0188. The molecule has 0 heterocycles. The van der Waals surface area contributed by atoms with Crippen molar-refractivity contribution >= 4 is 21.6 Å². The highest BCUT2D eigenvalue weighted by Gasteiger charge is 2.18. The monoisotopic (exact) mass is 343 g/mol. The minimum atomic E-state index is -3.85. The van der Waals surface area contributed by atoms with Crippen molar-refractivity contribution in [1.29, 1.82) is 5.26 Å². The summed E-state index contributed by atoms with van der Waals surface area (Å²) >= 11 is 0. The summed E-state index contributed by atoms with van der Waals surface area (Å²) in [7, 11) is -3.85. The van der Waals surface area contributed by atoms with Gasteiger partial charge in [-0.25, -0.2) is 8.42 Å². The van der Waals surface area contributed by atoms with Crippen molar-refractivity contribution in [2.75, 3.05) is 11.3 Å². The van der Waals surface area contributed by atoms with Gasteiger partial charge in [-0.2, -0.15) is 5.26 Å². The van der Waals surface area contributed by atoms with Crippen LogP contribution in [0.4, 0.5) is 5.69 Å². The molecule has 0 saturated carbocycles. The van der Waals surface area contributed by atoms with E-state index >= 15 is 0 Å². The zero-order valence-corrected chi connectivity index (χ0v) is 13.9. The van der Waals surface area contributed by atoms with E-state index in [9.17, 15) is 13.2 Å². The van der Waals surface area contributed by atoms with Crippen LogP contribution in [0.1, 0.15) is 29.3 Å². The first kappa shape index (κ1) is 17.5. The van der Waals surface area contributed by atoms with Crippen molar-refractivity contribution in [2.24, 2.45) is 0 Å². The van der Waals surface area contributed by atoms with Crippen molar-refractivity contribution in [3.63, 3.8) is 0 Å². The number of hydrogen-bond acceptors (Lipinski definition) is 4. The highest BCUT2D eigenvalue weighted by atomic mass is 32.2. The van der Waals surface area contributed by atoms with Crippen LogP contribution in [-0.4, -0.2) is 20.9 Å². The second-order valence-corrected chi connectivity index (χ2v) is 6.73. The number of benzene rings is 2. The normalized spacial score (nSPS) is 10.7. The molecule has 0 aliphatic rings. The van der Waals surface area contributed by atoms with Crippen LogP contribution in [0.3, 0.4) is 0 Å². The van der Waals surface area contributed by atoms with Gasteiger partial charge in [0.15, 0.2) is 0 Å². The third-order valence-corrected chi connectivity index (χ3v) is 4.63. The number of amides is 1. The molecule has 6 nitrogen and oxygen atoms in total. The smallest absolute Gasteiger partial charge is 0.261 e. The molecule has 1 amide bonds. The largest absolute Gasteiger partial charge is 0.352 e. The first-order chi connectivity index (χ1) is 11.5. The van der Waals surface area contributed by atoms with Crippen LogP contribution in [0.15, 0.2) is 53.4 Å². The Kier molecular flexibility index (Phi) is 5.55. The molecular weight excluding hydrogens is 326 g/mol. The fraction of sp³-hybridized carbons (Fsp3) is 0.176. The predicted octanol–water partition coefficient (Wildman–Crippen LogP) is 2.50. The van der Waals surface area contributed by atoms with Gasteiger partial charge in [0, 0.05) is 6.54 Å². The molecule has 2 aromatic carbocycles. The quantitative estimate of drug-likeness (QED) is 0.842. The lowest BCUT2D eigenvalue weighted by atomic mass is 10.1. The molecule has 0 aliphatic carbocycles. The molecule has 0 aromatic heterocycles. The van der Waals surface area contributed by atoms with Crippen LogP contribution in [0.25, 0.3) is 0 Å². The van der Waals surface area contributed by atoms with Gasteiger partial charge in [0.25, 0.3) is 15.9 Å². The average molecular weight is 343 g/mol. The van der Waals surface area contributed by atoms with E-state index in [0.717, 1.165) is 6.42 Å². The number of nitrogens with zero attached hydrogens (tertiary/aromatic N) is 1. The molecule has 2 aromatic rings. The Morgan fingerprint density at radius 2 is 1.79 bits per heavy atom. The molecule has 0 aliphatic heterocycles. The van der Waals surface area contributed by atoms with Crippen molar-refractivity contribution < 1.29 is 13.2 Å². The van der Waals surface area contributed by atoms with Crippen molar-refractivity contribution in [2.45, 2.75) is 18.2 Å². The Labute approximate surface area is 141 Å². The maximum absolute atomic E-state index is 12.5. The molecule has 24 heavy (non-hydrogen) atoms. The number of sulfonamides is 1. The molecule has 7 heteroatoms. The summed E-state index contributed by atoms with van der Waals surface area (Å²) in [5.74, 6) is -0.338. The molecule has 0 atom stereocenters. The highest BCUT2D eigenvalue weighted by Crippen LogP contribution is 2.20. The standard InChI is InChI=1S/C17H17N3O3S/c1-2-11-19-17(21)15-5-3-4-6-16(15)20-24(22,23)14-9-7-13(12-18)8-10-14/h3-10,20H,2,11H2,1H3,(H,19,21). The van der Waals surface area contributed by atoms with Crippen molar-refractivity contribution in [1.82, 2.24) is 5.32 Å². The van der Waals surface area contributed by atoms with Crippen LogP contribution >= 0.6 is 0 Å². The topological polar surface area (TPSA) is 99.1 Å². The number of nitriles is 1. The third-order valence-electron chi connectivity index (χ3n) is 3.25. The van der Waals surface area contributed by atoms with Crippen LogP contribution in [-0.2, 0) is 10.0 Å². The van der Waals surface area contributed by atoms with Gasteiger partial charge in [0.05, 0.1) is 27.8 Å². The number of hydrogen-bond donors (Lipinski definition) is 2. The predicted molar refractivity (Wildman–Crippen MR) is 91.0 cm³/mol. The number of carbonyl (C=O) groups excluding carboxylic acids is 1. The molecule has 0 fully saturated rings. The zero-order chi connectivity index (χ0) is 17.6. The van der Waals surface area contributed by atoms with E-state index < -0.39 is 10.0 Å². The Balaban J connectivity index is 2.29. The molecular formula is C17H17N3O3S. The number of nitrogens with one attached hydrogen (secondary N) is 2. The van der Waals surface area contributed by atoms with Crippen LogP contribution in [0, 0.1) is 11.3 Å². The Morgan fingerprint density at radius 3 is 2.42 bits per heavy atom. The fourth-order valence-corrected chi connectivity index (χ4v) is 3.10. The number of rotatable bonds is 6. The van der Waals surface area contributed by atoms with Crippen molar-refractivity contribution in [3.8, 4) is 6.07 Å². The number of carbonyl (C=O) groups is 1. The second-order valence-electron chi connectivity index (χ2n) is 5.04. The maximum atomic E-state index is 12.5. The lowest BCUT2D eigenvalue weighted by Gasteiger charge is -2.12. The molecule has 124 valence electrons. The van der Waals surface area contributed by atoms with Crippen molar-refractivity contribution in [3.05, 3.63) is 59.7 Å². The first-order valence-corrected chi connectivity index (χ1v) is 8.86. The summed E-state index contributed by atoms with van der Waals surface area (Å²) in [4.78, 5) is 12.2. The molecule has 2 rings (SSSR count). The van der Waals surface area contributed by atoms with Gasteiger partial charge in [-0.15, -0.1) is 0 Å². The summed E-state index contributed by atoms with van der Waals surface area (Å²) in [5.41, 5.74) is 0.826. The van der Waals surface area contributed by atoms with E-state index in [0.29, 0.717) is 12.1 Å². The summed E-state index contributed by atoms with van der Waals surface area (Å²) in [5, 5.41) is 11.5. The minimum Gasteiger partial charge on any atom is -0.352 e. The van der Waals surface area contributed by atoms with Gasteiger partial charge < -0.3 is 5.32 Å². The zero-order valence-electron chi connectivity index (χ0n) is 13.1. The first-order valence-electron chi connectivity index (χ1n) is 7.38. The van der Waals surface area contributed by atoms with Gasteiger partial charge in [-0.3, -0.25) is 9.52 Å². The summed E-state index contributed by atoms with van der Waals surface area (Å²) < 4.78 is 27.4. The highest BCUT2D eigenvalue weighted by molar-refractivity contribution is 7.92. The Morgan fingerprint density at radius 1 is 1.12 bits per heavy atom. The van der Waals surface area contributed by atoms with E-state index in [1.54, 1.807) is 18.2 Å². The van der Waals surface area contributed by atoms with E-state index in [1.165, 1.54) is 30.3 Å². The van der Waals surface area contributed by atoms with Crippen LogP contribution < -0.4 is 10.0 Å². The van der Waals surface area contributed by atoms with E-state index in [4.69, 9.17) is 5.26 Å². The van der Waals surface area contributed by atoms with Gasteiger partial charge in [0.1, 0.15) is 0 Å². The second kappa shape index (κ2) is 7.62. The maximum Gasteiger partial charge on any atom is 0.261 e. The van der Waals surface area contributed by atoms with E-state index in [2.05, 4.69) is 10.0 Å². The Hall–Kier alpha value is -2.85. The molecule has 0 unspecified atom stereocenters. The molecule has 0 bridgehead atoms. The molecule has 0 saturated heterocycles. The van der Waals surface area contributed by atoms with Gasteiger partial charge in [-0.1, -0.05) is 19.1 Å². The SMILES string of the molecule is CCCNC(=O)c1ccccc1NS(=O)(=O)c1ccc(C#N)cc1.